The first-order valence-electron chi connectivity index (χ1n) is 15.0. The number of aliphatic hydroxyl groups is 1. The van der Waals surface area contributed by atoms with E-state index in [1.807, 2.05) is 0 Å². The minimum absolute atomic E-state index is 0.00819. The van der Waals surface area contributed by atoms with Crippen LogP contribution in [0.15, 0.2) is 23.2 Å². The molecule has 0 fully saturated rings. The Balaban J connectivity index is 2.93. The van der Waals surface area contributed by atoms with E-state index < -0.39 is 82.9 Å². The Bertz CT molecular complexity index is 1290. The van der Waals surface area contributed by atoms with Crippen LogP contribution in [0.2, 0.25) is 0 Å². The van der Waals surface area contributed by atoms with E-state index in [-0.39, 0.29) is 31.5 Å². The van der Waals surface area contributed by atoms with Gasteiger partial charge in [0, 0.05) is 38.6 Å². The number of alkyl carbamates (subject to hydrolysis) is 1. The number of hydrogen-bond acceptors (Lipinski definition) is 9. The summed E-state index contributed by atoms with van der Waals surface area (Å²) in [6.07, 6.45) is -2.64. The average molecular weight is 671 g/mol. The van der Waals surface area contributed by atoms with Gasteiger partial charge in [-0.15, -0.1) is 0 Å². The van der Waals surface area contributed by atoms with Crippen LogP contribution in [0, 0.1) is 23.0 Å². The number of aliphatic imine (C=N–C) groups is 1. The molecule has 0 aliphatic rings. The number of carbonyl (C=O) groups excluding carboxylic acids is 5. The van der Waals surface area contributed by atoms with Gasteiger partial charge in [0.1, 0.15) is 28.9 Å². The molecule has 4 N–H and O–H groups in total. The van der Waals surface area contributed by atoms with Crippen LogP contribution in [-0.2, 0) is 35.0 Å². The molecule has 13 nitrogen and oxygen atoms in total. The quantitative estimate of drug-likeness (QED) is 0.131. The largest absolute Gasteiger partial charge is 0.450 e. The number of nitrogens with one attached hydrogen (secondary N) is 3. The standard InChI is InChI=1S/C32H48F2N4O9/c1-19(40)45-26(24(16-39)38-29(44)47-31(5,6)7)27(42)37-18-32(8,9)17-36-25(41)13-20(15-35-28(43)46-30(2,3)4)12-21-14-22(33)10-11-23(21)34/h10-11,14-15,20,24,26,39H,12-13,16-18H2,1-9H3,(H,36,41)(H,37,42)(H,38,44)/t20?,24-,26+/m1/s1. The zero-order chi connectivity index (χ0) is 36.2. The van der Waals surface area contributed by atoms with Gasteiger partial charge in [-0.2, -0.15) is 4.99 Å². The Morgan fingerprint density at radius 2 is 1.53 bits per heavy atom. The van der Waals surface area contributed by atoms with Gasteiger partial charge in [-0.05, 0) is 77.1 Å². The molecule has 0 aliphatic heterocycles. The molecule has 1 aromatic carbocycles. The Kier molecular flexibility index (Phi) is 15.4. The zero-order valence-corrected chi connectivity index (χ0v) is 28.5. The van der Waals surface area contributed by atoms with Crippen molar-refractivity contribution < 1.29 is 52.1 Å². The van der Waals surface area contributed by atoms with Crippen molar-refractivity contribution in [2.24, 2.45) is 16.3 Å². The van der Waals surface area contributed by atoms with Crippen molar-refractivity contribution in [2.45, 2.75) is 98.5 Å². The van der Waals surface area contributed by atoms with Gasteiger partial charge < -0.3 is 35.3 Å². The van der Waals surface area contributed by atoms with Crippen LogP contribution in [0.3, 0.4) is 0 Å². The molecule has 47 heavy (non-hydrogen) atoms. The van der Waals surface area contributed by atoms with E-state index in [0.717, 1.165) is 25.1 Å². The number of aliphatic hydroxyl groups excluding tert-OH is 1. The first-order chi connectivity index (χ1) is 21.5. The highest BCUT2D eigenvalue weighted by molar-refractivity contribution is 5.85. The number of halogens is 2. The fourth-order valence-corrected chi connectivity index (χ4v) is 3.93. The molecular formula is C32H48F2N4O9. The molecule has 0 saturated heterocycles. The number of benzene rings is 1. The Hall–Kier alpha value is -4.14. The molecule has 1 rings (SSSR count). The minimum Gasteiger partial charge on any atom is -0.450 e. The van der Waals surface area contributed by atoms with Crippen molar-refractivity contribution in [1.29, 1.82) is 0 Å². The van der Waals surface area contributed by atoms with E-state index in [1.165, 1.54) is 6.21 Å². The SMILES string of the molecule is CC(=O)O[C@H](C(=O)NCC(C)(C)CNC(=O)CC(C=NC(=O)OC(C)(C)C)Cc1cc(F)ccc1F)[C@@H](CO)NC(=O)OC(C)(C)C. The first kappa shape index (κ1) is 40.9. The average Bonchev–Trinajstić information content (AvgIpc) is 2.91. The molecule has 0 aliphatic carbocycles. The van der Waals surface area contributed by atoms with Gasteiger partial charge >= 0.3 is 18.2 Å². The smallest absolute Gasteiger partial charge is 0.433 e. The maximum Gasteiger partial charge on any atom is 0.433 e. The number of rotatable bonds is 14. The molecule has 0 bridgehead atoms. The predicted octanol–water partition coefficient (Wildman–Crippen LogP) is 3.60. The molecule has 1 unspecified atom stereocenters. The molecule has 1 aromatic rings. The highest BCUT2D eigenvalue weighted by Crippen LogP contribution is 2.18. The lowest BCUT2D eigenvalue weighted by atomic mass is 9.92. The third kappa shape index (κ3) is 17.4. The summed E-state index contributed by atoms with van der Waals surface area (Å²) in [5, 5.41) is 17.5. The second-order valence-corrected chi connectivity index (χ2v) is 13.8. The van der Waals surface area contributed by atoms with Crippen LogP contribution < -0.4 is 16.0 Å². The van der Waals surface area contributed by atoms with Crippen LogP contribution in [0.4, 0.5) is 18.4 Å². The third-order valence-electron chi connectivity index (χ3n) is 6.04. The van der Waals surface area contributed by atoms with Crippen molar-refractivity contribution >= 4 is 36.2 Å². The summed E-state index contributed by atoms with van der Waals surface area (Å²) in [5.74, 6) is -4.30. The number of nitrogens with zero attached hydrogens (tertiary/aromatic N) is 1. The van der Waals surface area contributed by atoms with E-state index in [1.54, 1.807) is 55.4 Å². The summed E-state index contributed by atoms with van der Waals surface area (Å²) in [6, 6.07) is 1.61. The van der Waals surface area contributed by atoms with Crippen LogP contribution in [0.25, 0.3) is 0 Å². The predicted molar refractivity (Wildman–Crippen MR) is 168 cm³/mol. The maximum absolute atomic E-state index is 14.4. The third-order valence-corrected chi connectivity index (χ3v) is 6.04. The van der Waals surface area contributed by atoms with Crippen molar-refractivity contribution in [1.82, 2.24) is 16.0 Å². The van der Waals surface area contributed by atoms with Crippen LogP contribution in [0.5, 0.6) is 0 Å². The summed E-state index contributed by atoms with van der Waals surface area (Å²) in [5.41, 5.74) is -2.46. The minimum atomic E-state index is -1.59. The molecule has 4 amide bonds. The Labute approximate surface area is 274 Å². The van der Waals surface area contributed by atoms with Gasteiger partial charge in [0.25, 0.3) is 5.91 Å². The molecule has 264 valence electrons. The summed E-state index contributed by atoms with van der Waals surface area (Å²) >= 11 is 0. The molecule has 0 spiro atoms. The van der Waals surface area contributed by atoms with Gasteiger partial charge in [0.15, 0.2) is 0 Å². The van der Waals surface area contributed by atoms with Crippen molar-refractivity contribution in [3.05, 3.63) is 35.4 Å². The maximum atomic E-state index is 14.4. The van der Waals surface area contributed by atoms with Gasteiger partial charge in [-0.3, -0.25) is 14.4 Å². The topological polar surface area (TPSA) is 182 Å². The molecule has 0 radical (unpaired) electrons. The monoisotopic (exact) mass is 670 g/mol. The summed E-state index contributed by atoms with van der Waals surface area (Å²) < 4.78 is 43.5. The molecule has 0 aromatic heterocycles. The van der Waals surface area contributed by atoms with Gasteiger partial charge in [-0.1, -0.05) is 13.8 Å². The number of esters is 1. The van der Waals surface area contributed by atoms with Crippen molar-refractivity contribution in [3.8, 4) is 0 Å². The summed E-state index contributed by atoms with van der Waals surface area (Å²) in [6.45, 7) is 13.6. The summed E-state index contributed by atoms with van der Waals surface area (Å²) in [4.78, 5) is 65.8. The highest BCUT2D eigenvalue weighted by atomic mass is 19.1. The van der Waals surface area contributed by atoms with Crippen LogP contribution in [0.1, 0.15) is 74.3 Å². The highest BCUT2D eigenvalue weighted by Gasteiger charge is 2.34. The number of carbonyl (C=O) groups is 5. The number of ether oxygens (including phenoxy) is 3. The van der Waals surface area contributed by atoms with Crippen molar-refractivity contribution in [3.63, 3.8) is 0 Å². The Morgan fingerprint density at radius 1 is 0.936 bits per heavy atom. The number of hydrogen-bond donors (Lipinski definition) is 4. The normalized spacial score (nSPS) is 14.0. The fourth-order valence-electron chi connectivity index (χ4n) is 3.93. The second-order valence-electron chi connectivity index (χ2n) is 13.8. The molecule has 15 heteroatoms. The van der Waals surface area contributed by atoms with E-state index >= 15 is 0 Å². The van der Waals surface area contributed by atoms with E-state index in [0.29, 0.717) is 0 Å². The fraction of sp³-hybridized carbons (Fsp3) is 0.625. The molecular weight excluding hydrogens is 622 g/mol. The van der Waals surface area contributed by atoms with Gasteiger partial charge in [-0.25, -0.2) is 18.4 Å². The summed E-state index contributed by atoms with van der Waals surface area (Å²) in [7, 11) is 0. The molecule has 0 heterocycles. The first-order valence-corrected chi connectivity index (χ1v) is 15.0. The van der Waals surface area contributed by atoms with Crippen LogP contribution >= 0.6 is 0 Å². The lowest BCUT2D eigenvalue weighted by Crippen LogP contribution is -2.56. The van der Waals surface area contributed by atoms with Crippen LogP contribution in [-0.4, -0.2) is 84.3 Å². The van der Waals surface area contributed by atoms with Gasteiger partial charge in [0.2, 0.25) is 12.0 Å². The zero-order valence-electron chi connectivity index (χ0n) is 28.5. The lowest BCUT2D eigenvalue weighted by molar-refractivity contribution is -0.156. The van der Waals surface area contributed by atoms with E-state index in [4.69, 9.17) is 14.2 Å². The second kappa shape index (κ2) is 17.7. The molecule has 3 atom stereocenters. The van der Waals surface area contributed by atoms with Crippen molar-refractivity contribution in [2.75, 3.05) is 19.7 Å². The molecule has 0 saturated carbocycles. The lowest BCUT2D eigenvalue weighted by Gasteiger charge is -2.29. The Morgan fingerprint density at radius 3 is 2.09 bits per heavy atom. The van der Waals surface area contributed by atoms with Gasteiger partial charge in [0.05, 0.1) is 6.61 Å². The van der Waals surface area contributed by atoms with E-state index in [2.05, 4.69) is 20.9 Å². The number of amides is 4. The van der Waals surface area contributed by atoms with E-state index in [9.17, 15) is 37.9 Å².